The number of likely N-dealkylation sites (N-methyl/N-ethyl adjacent to an activating group) is 1. The first kappa shape index (κ1) is 18.6. The minimum absolute atomic E-state index is 0.313. The third kappa shape index (κ3) is 4.22. The van der Waals surface area contributed by atoms with Crippen molar-refractivity contribution in [1.82, 2.24) is 5.32 Å². The molecule has 0 amide bonds. The van der Waals surface area contributed by atoms with E-state index in [1.165, 1.54) is 0 Å². The maximum atomic E-state index is 11.1. The van der Waals surface area contributed by atoms with E-state index in [0.717, 1.165) is 12.0 Å². The van der Waals surface area contributed by atoms with Crippen LogP contribution in [0.2, 0.25) is 0 Å². The average molecular weight is 341 g/mol. The van der Waals surface area contributed by atoms with Crippen LogP contribution in [-0.4, -0.2) is 70.2 Å². The van der Waals surface area contributed by atoms with Crippen LogP contribution in [0.1, 0.15) is 12.5 Å². The Bertz CT molecular complexity index is 550. The van der Waals surface area contributed by atoms with Gasteiger partial charge in [0.05, 0.1) is 0 Å². The van der Waals surface area contributed by atoms with Crippen molar-refractivity contribution >= 4 is 5.97 Å². The van der Waals surface area contributed by atoms with E-state index in [9.17, 15) is 20.1 Å². The number of aliphatic carboxylic acids is 1. The highest BCUT2D eigenvalue weighted by atomic mass is 16.7. The van der Waals surface area contributed by atoms with Crippen molar-refractivity contribution in [3.63, 3.8) is 0 Å². The highest BCUT2D eigenvalue weighted by molar-refractivity contribution is 5.73. The molecule has 1 aliphatic rings. The van der Waals surface area contributed by atoms with E-state index in [1.54, 1.807) is 12.1 Å². The van der Waals surface area contributed by atoms with Gasteiger partial charge < -0.3 is 35.2 Å². The Balaban J connectivity index is 2.05. The normalized spacial score (nSPS) is 31.5. The molecule has 1 saturated heterocycles. The summed E-state index contributed by atoms with van der Waals surface area (Å²) in [6.07, 6.45) is -7.23. The first-order chi connectivity index (χ1) is 11.3. The van der Waals surface area contributed by atoms with Crippen LogP contribution in [0.3, 0.4) is 0 Å². The molecule has 0 aliphatic carbocycles. The quantitative estimate of drug-likeness (QED) is 0.451. The third-order valence-corrected chi connectivity index (χ3v) is 4.02. The van der Waals surface area contributed by atoms with Gasteiger partial charge in [0.15, 0.2) is 6.10 Å². The van der Waals surface area contributed by atoms with Crippen LogP contribution in [0, 0.1) is 0 Å². The molecule has 1 aromatic carbocycles. The van der Waals surface area contributed by atoms with Crippen LogP contribution >= 0.6 is 0 Å². The van der Waals surface area contributed by atoms with E-state index in [1.807, 2.05) is 19.2 Å². The SMILES string of the molecule is CN[C@H](C)Cc1ccc(O[C@@H]2O[C@H](C(=O)O)[C@@H](O)[C@H](O)[C@H]2O)cc1. The van der Waals surface area contributed by atoms with Gasteiger partial charge in [-0.05, 0) is 38.1 Å². The van der Waals surface area contributed by atoms with Gasteiger partial charge >= 0.3 is 5.97 Å². The van der Waals surface area contributed by atoms with Crippen LogP contribution in [0.25, 0.3) is 0 Å². The summed E-state index contributed by atoms with van der Waals surface area (Å²) in [7, 11) is 1.88. The number of hydrogen-bond acceptors (Lipinski definition) is 7. The topological polar surface area (TPSA) is 128 Å². The van der Waals surface area contributed by atoms with E-state index in [-0.39, 0.29) is 0 Å². The summed E-state index contributed by atoms with van der Waals surface area (Å²) in [5.74, 6) is -1.09. The van der Waals surface area contributed by atoms with Crippen LogP contribution in [0.5, 0.6) is 5.75 Å². The lowest BCUT2D eigenvalue weighted by Gasteiger charge is -2.38. The van der Waals surface area contributed by atoms with Crippen molar-refractivity contribution in [3.8, 4) is 5.75 Å². The largest absolute Gasteiger partial charge is 0.479 e. The van der Waals surface area contributed by atoms with Gasteiger partial charge in [0, 0.05) is 6.04 Å². The number of benzene rings is 1. The summed E-state index contributed by atoms with van der Waals surface area (Å²) in [6.45, 7) is 2.05. The van der Waals surface area contributed by atoms with Crippen LogP contribution < -0.4 is 10.1 Å². The molecular formula is C16H23NO7. The number of carboxylic acid groups (broad SMARTS) is 1. The van der Waals surface area contributed by atoms with Gasteiger partial charge in [-0.2, -0.15) is 0 Å². The summed E-state index contributed by atoms with van der Waals surface area (Å²) in [6, 6.07) is 7.34. The average Bonchev–Trinajstić information content (AvgIpc) is 2.56. The molecule has 1 heterocycles. The fourth-order valence-corrected chi connectivity index (χ4v) is 2.44. The van der Waals surface area contributed by atoms with Gasteiger partial charge in [0.2, 0.25) is 6.29 Å². The number of carboxylic acids is 1. The lowest BCUT2D eigenvalue weighted by Crippen LogP contribution is -2.61. The molecule has 1 fully saturated rings. The zero-order valence-corrected chi connectivity index (χ0v) is 13.5. The molecule has 0 saturated carbocycles. The minimum Gasteiger partial charge on any atom is -0.479 e. The summed E-state index contributed by atoms with van der Waals surface area (Å²) in [4.78, 5) is 11.1. The molecule has 0 aromatic heterocycles. The lowest BCUT2D eigenvalue weighted by molar-refractivity contribution is -0.271. The number of hydrogen-bond donors (Lipinski definition) is 5. The molecule has 134 valence electrons. The van der Waals surface area contributed by atoms with Gasteiger partial charge in [-0.15, -0.1) is 0 Å². The Kier molecular flexibility index (Phi) is 6.14. The molecule has 24 heavy (non-hydrogen) atoms. The summed E-state index contributed by atoms with van der Waals surface area (Å²) in [5, 5.41) is 41.4. The molecule has 8 nitrogen and oxygen atoms in total. The Morgan fingerprint density at radius 2 is 1.83 bits per heavy atom. The number of aliphatic hydroxyl groups excluding tert-OH is 3. The summed E-state index contributed by atoms with van der Waals surface area (Å²) < 4.78 is 10.5. The summed E-state index contributed by atoms with van der Waals surface area (Å²) in [5.41, 5.74) is 1.08. The second-order valence-electron chi connectivity index (χ2n) is 5.89. The Morgan fingerprint density at radius 3 is 2.38 bits per heavy atom. The van der Waals surface area contributed by atoms with E-state index in [4.69, 9.17) is 14.6 Å². The second-order valence-corrected chi connectivity index (χ2v) is 5.89. The monoisotopic (exact) mass is 341 g/mol. The molecule has 1 aromatic rings. The van der Waals surface area contributed by atoms with Crippen molar-refractivity contribution < 1.29 is 34.7 Å². The minimum atomic E-state index is -1.73. The van der Waals surface area contributed by atoms with Crippen molar-refractivity contribution in [2.45, 2.75) is 50.1 Å². The Morgan fingerprint density at radius 1 is 1.21 bits per heavy atom. The molecule has 0 bridgehead atoms. The number of carbonyl (C=O) groups is 1. The fourth-order valence-electron chi connectivity index (χ4n) is 2.44. The molecule has 0 unspecified atom stereocenters. The molecule has 2 rings (SSSR count). The maximum Gasteiger partial charge on any atom is 0.335 e. The number of rotatable bonds is 6. The molecule has 1 aliphatic heterocycles. The number of aliphatic hydroxyl groups is 3. The van der Waals surface area contributed by atoms with Crippen molar-refractivity contribution in [3.05, 3.63) is 29.8 Å². The van der Waals surface area contributed by atoms with Crippen LogP contribution in [0.4, 0.5) is 0 Å². The predicted octanol–water partition coefficient (Wildman–Crippen LogP) is -0.892. The van der Waals surface area contributed by atoms with Gasteiger partial charge in [-0.3, -0.25) is 0 Å². The van der Waals surface area contributed by atoms with Crippen molar-refractivity contribution in [2.24, 2.45) is 0 Å². The first-order valence-corrected chi connectivity index (χ1v) is 7.68. The second kappa shape index (κ2) is 7.91. The third-order valence-electron chi connectivity index (χ3n) is 4.02. The Labute approximate surface area is 139 Å². The standard InChI is InChI=1S/C16H23NO7/c1-8(17-2)7-9-3-5-10(6-4-9)23-16-13(20)11(18)12(19)14(24-16)15(21)22/h3-6,8,11-14,16-20H,7H2,1-2H3,(H,21,22)/t8-,11+,12+,13-,14+,16-/m1/s1. The number of ether oxygens (including phenoxy) is 2. The zero-order chi connectivity index (χ0) is 17.9. The Hall–Kier alpha value is -1.71. The van der Waals surface area contributed by atoms with E-state index in [2.05, 4.69) is 12.2 Å². The zero-order valence-electron chi connectivity index (χ0n) is 13.5. The summed E-state index contributed by atoms with van der Waals surface area (Å²) >= 11 is 0. The predicted molar refractivity (Wildman–Crippen MR) is 83.6 cm³/mol. The smallest absolute Gasteiger partial charge is 0.335 e. The fraction of sp³-hybridized carbons (Fsp3) is 0.562. The lowest BCUT2D eigenvalue weighted by atomic mass is 9.99. The highest BCUT2D eigenvalue weighted by Gasteiger charge is 2.48. The van der Waals surface area contributed by atoms with Gasteiger partial charge in [-0.1, -0.05) is 12.1 Å². The highest BCUT2D eigenvalue weighted by Crippen LogP contribution is 2.25. The molecule has 5 N–H and O–H groups in total. The van der Waals surface area contributed by atoms with Crippen LogP contribution in [-0.2, 0) is 16.0 Å². The molecule has 6 atom stereocenters. The van der Waals surface area contributed by atoms with Crippen molar-refractivity contribution in [2.75, 3.05) is 7.05 Å². The first-order valence-electron chi connectivity index (χ1n) is 7.68. The maximum absolute atomic E-state index is 11.1. The van der Waals surface area contributed by atoms with E-state index >= 15 is 0 Å². The van der Waals surface area contributed by atoms with Gasteiger partial charge in [0.1, 0.15) is 24.1 Å². The van der Waals surface area contributed by atoms with Crippen LogP contribution in [0.15, 0.2) is 24.3 Å². The van der Waals surface area contributed by atoms with Crippen molar-refractivity contribution in [1.29, 1.82) is 0 Å². The molecular weight excluding hydrogens is 318 g/mol. The molecule has 8 heteroatoms. The molecule has 0 radical (unpaired) electrons. The van der Waals surface area contributed by atoms with Gasteiger partial charge in [-0.25, -0.2) is 4.79 Å². The number of nitrogens with one attached hydrogen (secondary N) is 1. The van der Waals surface area contributed by atoms with E-state index in [0.29, 0.717) is 11.8 Å². The van der Waals surface area contributed by atoms with Gasteiger partial charge in [0.25, 0.3) is 0 Å². The molecule has 0 spiro atoms. The van der Waals surface area contributed by atoms with E-state index < -0.39 is 36.7 Å².